The zero-order valence-electron chi connectivity index (χ0n) is 14.2. The quantitative estimate of drug-likeness (QED) is 0.384. The minimum absolute atomic E-state index is 0.283. The first-order valence-corrected chi connectivity index (χ1v) is 8.45. The molecule has 0 bridgehead atoms. The summed E-state index contributed by atoms with van der Waals surface area (Å²) in [7, 11) is 0. The molecule has 0 aliphatic rings. The molecule has 2 N–H and O–H groups in total. The average molecular weight is 382 g/mol. The van der Waals surface area contributed by atoms with Crippen LogP contribution in [0.4, 0.5) is 0 Å². The Kier molecular flexibility index (Phi) is 6.14. The third-order valence-corrected chi connectivity index (χ3v) is 3.91. The fourth-order valence-electron chi connectivity index (χ4n) is 2.27. The lowest BCUT2D eigenvalue weighted by Gasteiger charge is -2.07. The molecule has 0 saturated heterocycles. The van der Waals surface area contributed by atoms with Gasteiger partial charge in [-0.05, 0) is 35.4 Å². The van der Waals surface area contributed by atoms with Crippen molar-refractivity contribution in [2.24, 2.45) is 0 Å². The van der Waals surface area contributed by atoms with Gasteiger partial charge in [0, 0.05) is 22.9 Å². The van der Waals surface area contributed by atoms with Gasteiger partial charge >= 0.3 is 6.01 Å². The number of hydrogen-bond acceptors (Lipinski definition) is 5. The molecule has 0 radical (unpaired) electrons. The molecule has 0 fully saturated rings. The van der Waals surface area contributed by atoms with Crippen molar-refractivity contribution < 1.29 is 14.7 Å². The highest BCUT2D eigenvalue weighted by molar-refractivity contribution is 6.30. The topological polar surface area (TPSA) is 84.3 Å². The maximum Gasteiger partial charge on any atom is 0.317 e. The van der Waals surface area contributed by atoms with E-state index in [2.05, 4.69) is 9.97 Å². The van der Waals surface area contributed by atoms with E-state index in [9.17, 15) is 4.79 Å². The van der Waals surface area contributed by atoms with Crippen molar-refractivity contribution in [3.05, 3.63) is 83.0 Å². The first kappa shape index (κ1) is 18.6. The number of amides is 1. The number of rotatable bonds is 6. The molecule has 1 amide bonds. The number of carbonyl (C=O) groups is 1. The smallest absolute Gasteiger partial charge is 0.317 e. The van der Waals surface area contributed by atoms with Crippen LogP contribution in [0.15, 0.2) is 66.9 Å². The predicted molar refractivity (Wildman–Crippen MR) is 102 cm³/mol. The molecule has 0 aliphatic carbocycles. The standard InChI is InChI=1S/C20H16ClN3O3/c21-17-8-6-16(7-9-17)18-11-12-22-20(23-18)27-13-15-3-1-14(2-4-15)5-10-19(25)24-26/h1-12,26H,13H2,(H,24,25). The molecule has 27 heavy (non-hydrogen) atoms. The number of nitrogens with one attached hydrogen (secondary N) is 1. The molecule has 6 nitrogen and oxygen atoms in total. The molecule has 0 aliphatic heterocycles. The number of halogens is 1. The molecule has 0 spiro atoms. The average Bonchev–Trinajstić information content (AvgIpc) is 2.72. The van der Waals surface area contributed by atoms with Gasteiger partial charge in [-0.2, -0.15) is 4.98 Å². The first-order valence-electron chi connectivity index (χ1n) is 8.07. The lowest BCUT2D eigenvalue weighted by Crippen LogP contribution is -2.14. The summed E-state index contributed by atoms with van der Waals surface area (Å²) in [6.07, 6.45) is 4.48. The van der Waals surface area contributed by atoms with Gasteiger partial charge < -0.3 is 4.74 Å². The van der Waals surface area contributed by atoms with Gasteiger partial charge in [-0.25, -0.2) is 10.5 Å². The molecule has 136 valence electrons. The normalized spacial score (nSPS) is 10.7. The summed E-state index contributed by atoms with van der Waals surface area (Å²) in [5.74, 6) is -0.583. The third kappa shape index (κ3) is 5.37. The summed E-state index contributed by atoms with van der Waals surface area (Å²) in [6, 6.07) is 16.9. The fraction of sp³-hybridized carbons (Fsp3) is 0.0500. The number of ether oxygens (including phenoxy) is 1. The highest BCUT2D eigenvalue weighted by Gasteiger charge is 2.04. The molecule has 7 heteroatoms. The van der Waals surface area contributed by atoms with Crippen LogP contribution in [0.3, 0.4) is 0 Å². The summed E-state index contributed by atoms with van der Waals surface area (Å²) in [4.78, 5) is 19.5. The highest BCUT2D eigenvalue weighted by Crippen LogP contribution is 2.21. The minimum Gasteiger partial charge on any atom is -0.459 e. The van der Waals surface area contributed by atoms with Gasteiger partial charge in [0.05, 0.1) is 5.69 Å². The van der Waals surface area contributed by atoms with E-state index in [-0.39, 0.29) is 6.01 Å². The molecule has 0 saturated carbocycles. The van der Waals surface area contributed by atoms with Crippen molar-refractivity contribution in [2.45, 2.75) is 6.61 Å². The van der Waals surface area contributed by atoms with Crippen LogP contribution >= 0.6 is 11.6 Å². The van der Waals surface area contributed by atoms with Crippen molar-refractivity contribution in [3.8, 4) is 17.3 Å². The van der Waals surface area contributed by atoms with Crippen LogP contribution in [0, 0.1) is 0 Å². The summed E-state index contributed by atoms with van der Waals surface area (Å²) in [5, 5.41) is 9.12. The monoisotopic (exact) mass is 381 g/mol. The van der Waals surface area contributed by atoms with Crippen LogP contribution in [0.25, 0.3) is 17.3 Å². The van der Waals surface area contributed by atoms with Gasteiger partial charge in [-0.1, -0.05) is 48.0 Å². The van der Waals surface area contributed by atoms with Crippen LogP contribution in [-0.2, 0) is 11.4 Å². The molecule has 3 rings (SSSR count). The zero-order chi connectivity index (χ0) is 19.1. The molecule has 1 aromatic heterocycles. The van der Waals surface area contributed by atoms with E-state index in [1.54, 1.807) is 30.5 Å². The van der Waals surface area contributed by atoms with E-state index in [4.69, 9.17) is 21.5 Å². The van der Waals surface area contributed by atoms with Gasteiger partial charge in [0.2, 0.25) is 0 Å². The Labute approximate surface area is 161 Å². The maximum absolute atomic E-state index is 11.0. The zero-order valence-corrected chi connectivity index (χ0v) is 14.9. The van der Waals surface area contributed by atoms with E-state index >= 15 is 0 Å². The molecular weight excluding hydrogens is 366 g/mol. The van der Waals surface area contributed by atoms with Crippen molar-refractivity contribution >= 4 is 23.6 Å². The van der Waals surface area contributed by atoms with E-state index < -0.39 is 5.91 Å². The van der Waals surface area contributed by atoms with Crippen molar-refractivity contribution in [1.29, 1.82) is 0 Å². The van der Waals surface area contributed by atoms with Gasteiger partial charge in [-0.3, -0.25) is 10.0 Å². The second kappa shape index (κ2) is 8.93. The van der Waals surface area contributed by atoms with Gasteiger partial charge in [0.1, 0.15) is 6.61 Å². The van der Waals surface area contributed by atoms with Gasteiger partial charge in [-0.15, -0.1) is 0 Å². The van der Waals surface area contributed by atoms with E-state index in [0.29, 0.717) is 11.6 Å². The van der Waals surface area contributed by atoms with Gasteiger partial charge in [0.25, 0.3) is 5.91 Å². The number of nitrogens with zero attached hydrogens (tertiary/aromatic N) is 2. The highest BCUT2D eigenvalue weighted by atomic mass is 35.5. The summed E-state index contributed by atoms with van der Waals surface area (Å²) >= 11 is 5.91. The Bertz CT molecular complexity index is 941. The lowest BCUT2D eigenvalue weighted by molar-refractivity contribution is -0.124. The summed E-state index contributed by atoms with van der Waals surface area (Å²) < 4.78 is 5.67. The number of benzene rings is 2. The first-order chi connectivity index (χ1) is 13.1. The molecule has 3 aromatic rings. The number of carbonyl (C=O) groups excluding carboxylic acids is 1. The second-order valence-corrected chi connectivity index (χ2v) is 6.01. The molecule has 0 unspecified atom stereocenters. The summed E-state index contributed by atoms with van der Waals surface area (Å²) in [6.45, 7) is 0.311. The van der Waals surface area contributed by atoms with Gasteiger partial charge in [0.15, 0.2) is 0 Å². The fourth-order valence-corrected chi connectivity index (χ4v) is 2.40. The van der Waals surface area contributed by atoms with Crippen LogP contribution in [0.1, 0.15) is 11.1 Å². The number of hydroxylamine groups is 1. The Hall–Kier alpha value is -3.22. The Morgan fingerprint density at radius 1 is 1.11 bits per heavy atom. The van der Waals surface area contributed by atoms with Crippen LogP contribution < -0.4 is 10.2 Å². The van der Waals surface area contributed by atoms with E-state index in [0.717, 1.165) is 22.4 Å². The minimum atomic E-state index is -0.583. The van der Waals surface area contributed by atoms with Crippen LogP contribution in [-0.4, -0.2) is 21.1 Å². The van der Waals surface area contributed by atoms with Crippen LogP contribution in [0.2, 0.25) is 5.02 Å². The maximum atomic E-state index is 11.0. The molecule has 0 atom stereocenters. The lowest BCUT2D eigenvalue weighted by atomic mass is 10.1. The Balaban J connectivity index is 1.63. The predicted octanol–water partition coefficient (Wildman–Crippen LogP) is 3.89. The second-order valence-electron chi connectivity index (χ2n) is 5.57. The SMILES string of the molecule is O=C(C=Cc1ccc(COc2nccc(-c3ccc(Cl)cc3)n2)cc1)NO. The van der Waals surface area contributed by atoms with E-state index in [1.165, 1.54) is 11.6 Å². The van der Waals surface area contributed by atoms with Crippen molar-refractivity contribution in [2.75, 3.05) is 0 Å². The molecule has 1 heterocycles. The Morgan fingerprint density at radius 3 is 2.56 bits per heavy atom. The summed E-state index contributed by atoms with van der Waals surface area (Å²) in [5.41, 5.74) is 4.97. The third-order valence-electron chi connectivity index (χ3n) is 3.66. The molecule has 2 aromatic carbocycles. The largest absolute Gasteiger partial charge is 0.459 e. The van der Waals surface area contributed by atoms with Crippen LogP contribution in [0.5, 0.6) is 6.01 Å². The number of hydrogen-bond donors (Lipinski definition) is 2. The van der Waals surface area contributed by atoms with E-state index in [1.807, 2.05) is 36.4 Å². The van der Waals surface area contributed by atoms with Crippen molar-refractivity contribution in [3.63, 3.8) is 0 Å². The molecular formula is C20H16ClN3O3. The number of aromatic nitrogens is 2. The van der Waals surface area contributed by atoms with Crippen molar-refractivity contribution in [1.82, 2.24) is 15.4 Å². The Morgan fingerprint density at radius 2 is 1.85 bits per heavy atom.